The van der Waals surface area contributed by atoms with Crippen LogP contribution in [0.4, 0.5) is 0 Å². The molecule has 0 bridgehead atoms. The summed E-state index contributed by atoms with van der Waals surface area (Å²) in [6.45, 7) is 0. The fourth-order valence-electron chi connectivity index (χ4n) is 2.49. The van der Waals surface area contributed by atoms with Gasteiger partial charge in [0.1, 0.15) is 0 Å². The number of allylic oxidation sites excluding steroid dienone is 1. The highest BCUT2D eigenvalue weighted by Crippen LogP contribution is 2.28. The Morgan fingerprint density at radius 2 is 1.79 bits per heavy atom. The number of fused-ring (bicyclic) bond motifs is 1. The second-order valence-corrected chi connectivity index (χ2v) is 4.74. The second-order valence-electron chi connectivity index (χ2n) is 4.74. The van der Waals surface area contributed by atoms with Crippen LogP contribution in [0.25, 0.3) is 17.2 Å². The van der Waals surface area contributed by atoms with Crippen molar-refractivity contribution in [2.75, 3.05) is 0 Å². The molecule has 2 nitrogen and oxygen atoms in total. The van der Waals surface area contributed by atoms with Crippen molar-refractivity contribution in [1.29, 1.82) is 0 Å². The molecule has 0 saturated heterocycles. The maximum Gasteiger partial charge on any atom is 0.0693 e. The largest absolute Gasteiger partial charge is 0.411 e. The Hall–Kier alpha value is -2.35. The molecular formula is C17H15NO. The van der Waals surface area contributed by atoms with Crippen LogP contribution in [0.2, 0.25) is 0 Å². The van der Waals surface area contributed by atoms with Crippen molar-refractivity contribution in [1.82, 2.24) is 0 Å². The molecule has 2 heteroatoms. The minimum atomic E-state index is 0.932. The van der Waals surface area contributed by atoms with Crippen molar-refractivity contribution in [2.45, 2.75) is 12.8 Å². The van der Waals surface area contributed by atoms with Crippen molar-refractivity contribution in [3.63, 3.8) is 0 Å². The molecule has 0 saturated carbocycles. The Morgan fingerprint density at radius 1 is 0.947 bits per heavy atom. The van der Waals surface area contributed by atoms with Crippen LogP contribution in [-0.2, 0) is 6.42 Å². The zero-order chi connectivity index (χ0) is 13.1. The van der Waals surface area contributed by atoms with Crippen LogP contribution >= 0.6 is 0 Å². The summed E-state index contributed by atoms with van der Waals surface area (Å²) in [4.78, 5) is 0. The standard InChI is InChI=1S/C17H15NO/c19-18-12-13-6-7-15-8-9-16(11-17(15)10-13)14-4-2-1-3-5-14/h1-5,8-12,19H,6-7H2/b18-12+. The lowest BCUT2D eigenvalue weighted by Gasteiger charge is -2.15. The Morgan fingerprint density at radius 3 is 2.58 bits per heavy atom. The summed E-state index contributed by atoms with van der Waals surface area (Å²) < 4.78 is 0. The highest BCUT2D eigenvalue weighted by atomic mass is 16.4. The first-order valence-electron chi connectivity index (χ1n) is 6.43. The van der Waals surface area contributed by atoms with Gasteiger partial charge in [-0.2, -0.15) is 0 Å². The number of rotatable bonds is 2. The lowest BCUT2D eigenvalue weighted by atomic mass is 9.90. The third kappa shape index (κ3) is 2.43. The van der Waals surface area contributed by atoms with Gasteiger partial charge in [-0.15, -0.1) is 0 Å². The first kappa shape index (κ1) is 11.7. The average molecular weight is 249 g/mol. The first-order valence-corrected chi connectivity index (χ1v) is 6.43. The molecule has 0 radical (unpaired) electrons. The molecule has 0 atom stereocenters. The predicted molar refractivity (Wildman–Crippen MR) is 78.5 cm³/mol. The summed E-state index contributed by atoms with van der Waals surface area (Å²) in [5, 5.41) is 11.7. The number of oxime groups is 1. The van der Waals surface area contributed by atoms with Gasteiger partial charge in [-0.3, -0.25) is 0 Å². The molecule has 1 aliphatic rings. The van der Waals surface area contributed by atoms with Gasteiger partial charge in [0.25, 0.3) is 0 Å². The lowest BCUT2D eigenvalue weighted by molar-refractivity contribution is 0.321. The highest BCUT2D eigenvalue weighted by molar-refractivity contribution is 5.87. The molecule has 2 aromatic carbocycles. The third-order valence-electron chi connectivity index (χ3n) is 3.50. The van der Waals surface area contributed by atoms with Crippen molar-refractivity contribution < 1.29 is 5.21 Å². The number of aryl methyl sites for hydroxylation is 1. The van der Waals surface area contributed by atoms with E-state index in [1.54, 1.807) is 0 Å². The van der Waals surface area contributed by atoms with Crippen LogP contribution in [0.15, 0.2) is 59.3 Å². The van der Waals surface area contributed by atoms with Gasteiger partial charge in [0.2, 0.25) is 0 Å². The second kappa shape index (κ2) is 5.11. The van der Waals surface area contributed by atoms with Gasteiger partial charge in [0.05, 0.1) is 6.21 Å². The molecule has 1 N–H and O–H groups in total. The monoisotopic (exact) mass is 249 g/mol. The van der Waals surface area contributed by atoms with Crippen molar-refractivity contribution >= 4 is 12.3 Å². The Balaban J connectivity index is 2.03. The number of nitrogens with zero attached hydrogens (tertiary/aromatic N) is 1. The van der Waals surface area contributed by atoms with Gasteiger partial charge < -0.3 is 5.21 Å². The average Bonchev–Trinajstić information content (AvgIpc) is 2.48. The molecule has 0 unspecified atom stereocenters. The Labute approximate surface area is 112 Å². The van der Waals surface area contributed by atoms with Crippen LogP contribution in [-0.4, -0.2) is 11.4 Å². The molecule has 0 amide bonds. The molecule has 94 valence electrons. The van der Waals surface area contributed by atoms with Gasteiger partial charge in [0, 0.05) is 0 Å². The number of hydrogen-bond acceptors (Lipinski definition) is 2. The molecule has 0 aromatic heterocycles. The van der Waals surface area contributed by atoms with Crippen molar-refractivity contribution in [3.05, 3.63) is 65.2 Å². The van der Waals surface area contributed by atoms with Gasteiger partial charge in [-0.05, 0) is 52.8 Å². The van der Waals surface area contributed by atoms with E-state index < -0.39 is 0 Å². The van der Waals surface area contributed by atoms with Crippen molar-refractivity contribution in [3.8, 4) is 11.1 Å². The predicted octanol–water partition coefficient (Wildman–Crippen LogP) is 4.14. The number of benzene rings is 2. The van der Waals surface area contributed by atoms with Gasteiger partial charge in [0.15, 0.2) is 0 Å². The lowest BCUT2D eigenvalue weighted by Crippen LogP contribution is -2.00. The summed E-state index contributed by atoms with van der Waals surface area (Å²) >= 11 is 0. The number of hydrogen-bond donors (Lipinski definition) is 1. The third-order valence-corrected chi connectivity index (χ3v) is 3.50. The van der Waals surface area contributed by atoms with E-state index in [1.165, 1.54) is 28.5 Å². The van der Waals surface area contributed by atoms with E-state index in [0.29, 0.717) is 0 Å². The Bertz CT molecular complexity index is 642. The molecule has 0 aliphatic heterocycles. The molecule has 19 heavy (non-hydrogen) atoms. The van der Waals surface area contributed by atoms with Gasteiger partial charge in [-0.25, -0.2) is 0 Å². The maximum absolute atomic E-state index is 8.63. The van der Waals surface area contributed by atoms with E-state index in [0.717, 1.165) is 18.4 Å². The fraction of sp³-hybridized carbons (Fsp3) is 0.118. The van der Waals surface area contributed by atoms with Crippen LogP contribution in [0.3, 0.4) is 0 Å². The van der Waals surface area contributed by atoms with E-state index >= 15 is 0 Å². The summed E-state index contributed by atoms with van der Waals surface area (Å²) in [5.74, 6) is 0. The minimum absolute atomic E-state index is 0.932. The Kier molecular flexibility index (Phi) is 3.15. The summed E-state index contributed by atoms with van der Waals surface area (Å²) in [5.41, 5.74) is 6.09. The van der Waals surface area contributed by atoms with E-state index in [1.807, 2.05) is 6.07 Å². The molecule has 1 aliphatic carbocycles. The van der Waals surface area contributed by atoms with Crippen LogP contribution in [0.1, 0.15) is 17.5 Å². The zero-order valence-electron chi connectivity index (χ0n) is 10.6. The molecular weight excluding hydrogens is 234 g/mol. The first-order chi connectivity index (χ1) is 9.36. The normalized spacial score (nSPS) is 14.2. The van der Waals surface area contributed by atoms with E-state index in [4.69, 9.17) is 5.21 Å². The molecule has 3 rings (SSSR count). The maximum atomic E-state index is 8.63. The topological polar surface area (TPSA) is 32.6 Å². The van der Waals surface area contributed by atoms with E-state index in [9.17, 15) is 0 Å². The fourth-order valence-corrected chi connectivity index (χ4v) is 2.49. The molecule has 0 heterocycles. The molecule has 0 fully saturated rings. The van der Waals surface area contributed by atoms with Crippen LogP contribution in [0.5, 0.6) is 0 Å². The smallest absolute Gasteiger partial charge is 0.0693 e. The van der Waals surface area contributed by atoms with E-state index in [2.05, 4.69) is 53.7 Å². The van der Waals surface area contributed by atoms with Crippen LogP contribution < -0.4 is 0 Å². The SMILES string of the molecule is O/N=C/C1=Cc2cc(-c3ccccc3)ccc2CC1. The molecule has 0 spiro atoms. The van der Waals surface area contributed by atoms with E-state index in [-0.39, 0.29) is 0 Å². The summed E-state index contributed by atoms with van der Waals surface area (Å²) in [6, 6.07) is 16.9. The van der Waals surface area contributed by atoms with Crippen LogP contribution in [0, 0.1) is 0 Å². The van der Waals surface area contributed by atoms with Crippen molar-refractivity contribution in [2.24, 2.45) is 5.16 Å². The zero-order valence-corrected chi connectivity index (χ0v) is 10.6. The minimum Gasteiger partial charge on any atom is -0.411 e. The summed E-state index contributed by atoms with van der Waals surface area (Å²) in [7, 11) is 0. The van der Waals surface area contributed by atoms with Gasteiger partial charge in [-0.1, -0.05) is 47.6 Å². The van der Waals surface area contributed by atoms with Gasteiger partial charge >= 0.3 is 0 Å². The molecule has 2 aromatic rings. The highest BCUT2D eigenvalue weighted by Gasteiger charge is 2.10. The quantitative estimate of drug-likeness (QED) is 0.484. The summed E-state index contributed by atoms with van der Waals surface area (Å²) in [6.07, 6.45) is 5.56.